The minimum atomic E-state index is 0.665. The molecule has 0 bridgehead atoms. The van der Waals surface area contributed by atoms with Crippen LogP contribution >= 0.6 is 0 Å². The molecular formula is C9H9BN2O. The summed E-state index contributed by atoms with van der Waals surface area (Å²) >= 11 is 0. The highest BCUT2D eigenvalue weighted by Gasteiger charge is 2.07. The molecule has 0 N–H and O–H groups in total. The number of imidazole rings is 1. The van der Waals surface area contributed by atoms with Crippen molar-refractivity contribution in [2.75, 3.05) is 0 Å². The Kier molecular flexibility index (Phi) is 1.89. The average molecular weight is 172 g/mol. The van der Waals surface area contributed by atoms with Gasteiger partial charge in [0.2, 0.25) is 0 Å². The first-order chi connectivity index (χ1) is 6.36. The maximum Gasteiger partial charge on any atom is 0.168 e. The Morgan fingerprint density at radius 2 is 2.38 bits per heavy atom. The van der Waals surface area contributed by atoms with Crippen LogP contribution in [0.15, 0.2) is 24.4 Å². The molecule has 0 aliphatic heterocycles. The first-order valence-electron chi connectivity index (χ1n) is 4.28. The van der Waals surface area contributed by atoms with Crippen LogP contribution in [-0.2, 0) is 6.32 Å². The van der Waals surface area contributed by atoms with Crippen molar-refractivity contribution in [3.05, 3.63) is 35.8 Å². The number of hydrogen-bond acceptors (Lipinski definition) is 2. The van der Waals surface area contributed by atoms with E-state index in [1.165, 1.54) is 0 Å². The molecule has 0 unspecified atom stereocenters. The summed E-state index contributed by atoms with van der Waals surface area (Å²) in [5, 5.41) is 0. The summed E-state index contributed by atoms with van der Waals surface area (Å²) in [6, 6.07) is 5.70. The molecule has 2 aromatic heterocycles. The third-order valence-electron chi connectivity index (χ3n) is 2.09. The molecule has 13 heavy (non-hydrogen) atoms. The molecule has 4 heteroatoms. The number of carbonyl (C=O) groups excluding carboxylic acids is 1. The monoisotopic (exact) mass is 172 g/mol. The molecule has 0 spiro atoms. The molecule has 0 aromatic carbocycles. The first kappa shape index (κ1) is 8.04. The smallest absolute Gasteiger partial charge is 0.168 e. The van der Waals surface area contributed by atoms with Crippen LogP contribution in [0, 0.1) is 0 Å². The number of fused-ring (bicyclic) bond motifs is 1. The van der Waals surface area contributed by atoms with Gasteiger partial charge in [-0.2, -0.15) is 0 Å². The number of aromatic nitrogens is 2. The highest BCUT2D eigenvalue weighted by molar-refractivity contribution is 6.08. The summed E-state index contributed by atoms with van der Waals surface area (Å²) in [4.78, 5) is 15.1. The van der Waals surface area contributed by atoms with Crippen molar-refractivity contribution >= 4 is 19.8 Å². The normalized spacial score (nSPS) is 10.5. The summed E-state index contributed by atoms with van der Waals surface area (Å²) in [5.41, 5.74) is 2.36. The van der Waals surface area contributed by atoms with E-state index >= 15 is 0 Å². The lowest BCUT2D eigenvalue weighted by molar-refractivity contribution is 0.111. The second-order valence-electron chi connectivity index (χ2n) is 2.84. The Morgan fingerprint density at radius 3 is 3.08 bits per heavy atom. The molecule has 2 heterocycles. The van der Waals surface area contributed by atoms with Crippen LogP contribution < -0.4 is 0 Å². The van der Waals surface area contributed by atoms with E-state index in [0.29, 0.717) is 5.69 Å². The van der Waals surface area contributed by atoms with Crippen LogP contribution in [0.3, 0.4) is 0 Å². The van der Waals surface area contributed by atoms with Crippen LogP contribution in [0.2, 0.25) is 0 Å². The second kappa shape index (κ2) is 3.05. The Bertz CT molecular complexity index is 450. The molecule has 0 atom stereocenters. The van der Waals surface area contributed by atoms with Crippen molar-refractivity contribution in [1.29, 1.82) is 0 Å². The number of rotatable bonds is 2. The standard InChI is InChI=1S/C9H9BN2O/c10-5-7-8(6-13)12-4-2-1-3-9(12)11-7/h1-4,6H,5,10H2. The van der Waals surface area contributed by atoms with Gasteiger partial charge >= 0.3 is 0 Å². The van der Waals surface area contributed by atoms with Gasteiger partial charge < -0.3 is 0 Å². The van der Waals surface area contributed by atoms with E-state index in [1.807, 2.05) is 36.6 Å². The zero-order chi connectivity index (χ0) is 9.26. The quantitative estimate of drug-likeness (QED) is 0.481. The van der Waals surface area contributed by atoms with E-state index in [4.69, 9.17) is 0 Å². The van der Waals surface area contributed by atoms with E-state index in [0.717, 1.165) is 23.9 Å². The molecule has 0 radical (unpaired) electrons. The van der Waals surface area contributed by atoms with E-state index in [-0.39, 0.29) is 0 Å². The van der Waals surface area contributed by atoms with Crippen molar-refractivity contribution in [1.82, 2.24) is 9.38 Å². The van der Waals surface area contributed by atoms with Gasteiger partial charge in [0.05, 0.1) is 5.69 Å². The number of carbonyl (C=O) groups is 1. The second-order valence-corrected chi connectivity index (χ2v) is 2.84. The molecule has 0 saturated carbocycles. The predicted molar refractivity (Wildman–Crippen MR) is 52.8 cm³/mol. The number of nitrogens with zero attached hydrogens (tertiary/aromatic N) is 2. The molecule has 0 saturated heterocycles. The number of hydrogen-bond donors (Lipinski definition) is 0. The van der Waals surface area contributed by atoms with Gasteiger partial charge in [-0.05, 0) is 18.5 Å². The molecule has 0 fully saturated rings. The highest BCUT2D eigenvalue weighted by Crippen LogP contribution is 2.09. The molecule has 0 aliphatic carbocycles. The topological polar surface area (TPSA) is 34.4 Å². The first-order valence-corrected chi connectivity index (χ1v) is 4.28. The van der Waals surface area contributed by atoms with E-state index < -0.39 is 0 Å². The van der Waals surface area contributed by atoms with Gasteiger partial charge in [-0.1, -0.05) is 6.07 Å². The maximum atomic E-state index is 10.8. The largest absolute Gasteiger partial charge is 0.297 e. The van der Waals surface area contributed by atoms with Crippen molar-refractivity contribution < 1.29 is 4.79 Å². The van der Waals surface area contributed by atoms with Crippen molar-refractivity contribution in [2.24, 2.45) is 0 Å². The maximum absolute atomic E-state index is 10.8. The van der Waals surface area contributed by atoms with Crippen LogP contribution in [0.1, 0.15) is 16.2 Å². The van der Waals surface area contributed by atoms with Crippen molar-refractivity contribution in [3.63, 3.8) is 0 Å². The fourth-order valence-corrected chi connectivity index (χ4v) is 1.45. The lowest BCUT2D eigenvalue weighted by Gasteiger charge is -1.93. The van der Waals surface area contributed by atoms with Gasteiger partial charge in [-0.15, -0.1) is 0 Å². The zero-order valence-corrected chi connectivity index (χ0v) is 7.40. The van der Waals surface area contributed by atoms with Crippen LogP contribution in [0.4, 0.5) is 0 Å². The Hall–Kier alpha value is -1.58. The van der Waals surface area contributed by atoms with Crippen molar-refractivity contribution in [2.45, 2.75) is 6.32 Å². The zero-order valence-electron chi connectivity index (χ0n) is 7.40. The third-order valence-corrected chi connectivity index (χ3v) is 2.09. The van der Waals surface area contributed by atoms with E-state index in [2.05, 4.69) is 4.98 Å². The fourth-order valence-electron chi connectivity index (χ4n) is 1.45. The van der Waals surface area contributed by atoms with Gasteiger partial charge in [-0.25, -0.2) is 4.98 Å². The van der Waals surface area contributed by atoms with Gasteiger partial charge in [0.25, 0.3) is 0 Å². The van der Waals surface area contributed by atoms with Gasteiger partial charge in [0, 0.05) is 6.20 Å². The number of pyridine rings is 1. The van der Waals surface area contributed by atoms with E-state index in [9.17, 15) is 4.79 Å². The molecule has 0 amide bonds. The third kappa shape index (κ3) is 1.14. The van der Waals surface area contributed by atoms with Crippen LogP contribution in [0.5, 0.6) is 0 Å². The van der Waals surface area contributed by atoms with Gasteiger partial charge in [0.15, 0.2) is 6.29 Å². The summed E-state index contributed by atoms with van der Waals surface area (Å²) in [7, 11) is 1.99. The predicted octanol–water partition coefficient (Wildman–Crippen LogP) is 0.280. The van der Waals surface area contributed by atoms with Crippen LogP contribution in [0.25, 0.3) is 5.65 Å². The lowest BCUT2D eigenvalue weighted by Crippen LogP contribution is -1.94. The fraction of sp³-hybridized carbons (Fsp3) is 0.111. The Labute approximate surface area is 76.8 Å². The molecule has 0 aliphatic rings. The van der Waals surface area contributed by atoms with E-state index in [1.54, 1.807) is 0 Å². The van der Waals surface area contributed by atoms with Crippen LogP contribution in [-0.4, -0.2) is 23.5 Å². The van der Waals surface area contributed by atoms with Crippen molar-refractivity contribution in [3.8, 4) is 0 Å². The van der Waals surface area contributed by atoms with Gasteiger partial charge in [-0.3, -0.25) is 9.20 Å². The minimum absolute atomic E-state index is 0.665. The summed E-state index contributed by atoms with van der Waals surface area (Å²) in [5.74, 6) is 0. The SMILES string of the molecule is BCc1nc2ccccn2c1C=O. The highest BCUT2D eigenvalue weighted by atomic mass is 16.1. The molecular weight excluding hydrogens is 163 g/mol. The molecule has 3 nitrogen and oxygen atoms in total. The minimum Gasteiger partial charge on any atom is -0.297 e. The summed E-state index contributed by atoms with van der Waals surface area (Å²) in [6.45, 7) is 0. The Balaban J connectivity index is 2.81. The average Bonchev–Trinajstić information content (AvgIpc) is 2.55. The molecule has 2 aromatic rings. The molecule has 64 valence electrons. The lowest BCUT2D eigenvalue weighted by atomic mass is 10.0. The van der Waals surface area contributed by atoms with Gasteiger partial charge in [0.1, 0.15) is 19.2 Å². The molecule has 2 rings (SSSR count). The number of aldehydes is 1. The summed E-state index contributed by atoms with van der Waals surface area (Å²) in [6.07, 6.45) is 3.50. The summed E-state index contributed by atoms with van der Waals surface area (Å²) < 4.78 is 1.81. The Morgan fingerprint density at radius 1 is 1.54 bits per heavy atom.